The first-order chi connectivity index (χ1) is 5.54. The lowest BCUT2D eigenvalue weighted by atomic mass is 10.2. The van der Waals surface area contributed by atoms with Crippen molar-refractivity contribution in [1.29, 1.82) is 0 Å². The van der Waals surface area contributed by atoms with Crippen molar-refractivity contribution >= 4 is 29.1 Å². The van der Waals surface area contributed by atoms with Gasteiger partial charge < -0.3 is 10.8 Å². The van der Waals surface area contributed by atoms with Gasteiger partial charge in [0, 0.05) is 0 Å². The maximum atomic E-state index is 10.7. The molecule has 0 saturated carbocycles. The number of aromatic hydroxyl groups is 1. The average Bonchev–Trinajstić information content (AvgIpc) is 1.97. The molecule has 0 saturated heterocycles. The summed E-state index contributed by atoms with van der Waals surface area (Å²) < 4.78 is 0. The lowest BCUT2D eigenvalue weighted by Gasteiger charge is -2.03. The molecule has 1 aromatic rings. The quantitative estimate of drug-likeness (QED) is 0.735. The van der Waals surface area contributed by atoms with E-state index >= 15 is 0 Å². The molecule has 0 aliphatic carbocycles. The van der Waals surface area contributed by atoms with Crippen molar-refractivity contribution in [3.05, 3.63) is 27.7 Å². The minimum Gasteiger partial charge on any atom is -0.507 e. The second kappa shape index (κ2) is 3.21. The number of halogens is 2. The van der Waals surface area contributed by atoms with Gasteiger partial charge in [-0.1, -0.05) is 23.2 Å². The maximum absolute atomic E-state index is 10.7. The predicted octanol–water partition coefficient (Wildman–Crippen LogP) is 1.80. The van der Waals surface area contributed by atoms with Crippen LogP contribution in [0.5, 0.6) is 5.75 Å². The van der Waals surface area contributed by atoms with Crippen LogP contribution >= 0.6 is 23.2 Å². The van der Waals surface area contributed by atoms with Gasteiger partial charge in [-0.15, -0.1) is 0 Å². The average molecular weight is 206 g/mol. The smallest absolute Gasteiger partial charge is 0.254 e. The van der Waals surface area contributed by atoms with Crippen LogP contribution in [0.1, 0.15) is 10.4 Å². The largest absolute Gasteiger partial charge is 0.507 e. The van der Waals surface area contributed by atoms with Gasteiger partial charge in [-0.25, -0.2) is 0 Å². The van der Waals surface area contributed by atoms with Crippen molar-refractivity contribution < 1.29 is 9.90 Å². The van der Waals surface area contributed by atoms with Gasteiger partial charge in [0.2, 0.25) is 0 Å². The molecule has 5 heteroatoms. The Balaban J connectivity index is 3.43. The van der Waals surface area contributed by atoms with Crippen molar-refractivity contribution in [2.24, 2.45) is 5.73 Å². The van der Waals surface area contributed by atoms with Crippen molar-refractivity contribution in [1.82, 2.24) is 0 Å². The Labute approximate surface area is 78.7 Å². The SMILES string of the molecule is NC(=O)c1c(O)ccc(Cl)c1Cl. The van der Waals surface area contributed by atoms with Crippen molar-refractivity contribution in [2.75, 3.05) is 0 Å². The molecule has 0 aromatic heterocycles. The molecule has 0 unspecified atom stereocenters. The Morgan fingerprint density at radius 1 is 1.42 bits per heavy atom. The number of hydrogen-bond acceptors (Lipinski definition) is 2. The topological polar surface area (TPSA) is 63.3 Å². The summed E-state index contributed by atoms with van der Waals surface area (Å²) in [6.07, 6.45) is 0. The number of phenols is 1. The second-order valence-electron chi connectivity index (χ2n) is 2.12. The number of nitrogens with two attached hydrogens (primary N) is 1. The molecule has 0 fully saturated rings. The van der Waals surface area contributed by atoms with Gasteiger partial charge in [-0.3, -0.25) is 4.79 Å². The molecule has 0 aliphatic heterocycles. The van der Waals surface area contributed by atoms with Gasteiger partial charge in [0.15, 0.2) is 0 Å². The molecule has 64 valence electrons. The molecule has 0 spiro atoms. The minimum atomic E-state index is -0.806. The summed E-state index contributed by atoms with van der Waals surface area (Å²) in [7, 11) is 0. The number of primary amides is 1. The van der Waals surface area contributed by atoms with Crippen LogP contribution in [0.2, 0.25) is 10.0 Å². The number of carbonyl (C=O) groups is 1. The molecule has 3 nitrogen and oxygen atoms in total. The highest BCUT2D eigenvalue weighted by Gasteiger charge is 2.14. The van der Waals surface area contributed by atoms with Crippen LogP contribution < -0.4 is 5.73 Å². The number of rotatable bonds is 1. The standard InChI is InChI=1S/C7H5Cl2NO2/c8-3-1-2-4(11)5(6(3)9)7(10)12/h1-2,11H,(H2,10,12). The highest BCUT2D eigenvalue weighted by Crippen LogP contribution is 2.31. The summed E-state index contributed by atoms with van der Waals surface area (Å²) in [5.74, 6) is -1.07. The number of hydrogen-bond donors (Lipinski definition) is 2. The fraction of sp³-hybridized carbons (Fsp3) is 0. The Kier molecular flexibility index (Phi) is 2.45. The first-order valence-corrected chi connectivity index (χ1v) is 3.76. The molecule has 0 bridgehead atoms. The lowest BCUT2D eigenvalue weighted by Crippen LogP contribution is -2.11. The van der Waals surface area contributed by atoms with E-state index in [9.17, 15) is 4.79 Å². The van der Waals surface area contributed by atoms with E-state index in [4.69, 9.17) is 34.0 Å². The predicted molar refractivity (Wildman–Crippen MR) is 46.6 cm³/mol. The molecule has 1 amide bonds. The van der Waals surface area contributed by atoms with Crippen LogP contribution in [0.25, 0.3) is 0 Å². The van der Waals surface area contributed by atoms with E-state index in [2.05, 4.69) is 0 Å². The Morgan fingerprint density at radius 2 is 2.00 bits per heavy atom. The zero-order valence-corrected chi connectivity index (χ0v) is 7.36. The van der Waals surface area contributed by atoms with Crippen LogP contribution in [-0.2, 0) is 0 Å². The molecule has 1 aromatic carbocycles. The van der Waals surface area contributed by atoms with Crippen LogP contribution in [-0.4, -0.2) is 11.0 Å². The van der Waals surface area contributed by atoms with E-state index in [0.29, 0.717) is 0 Å². The third-order valence-electron chi connectivity index (χ3n) is 1.32. The summed E-state index contributed by atoms with van der Waals surface area (Å²) in [5, 5.41) is 9.30. The molecule has 3 N–H and O–H groups in total. The van der Waals surface area contributed by atoms with Crippen molar-refractivity contribution in [3.8, 4) is 5.75 Å². The highest BCUT2D eigenvalue weighted by molar-refractivity contribution is 6.44. The van der Waals surface area contributed by atoms with Gasteiger partial charge in [-0.05, 0) is 12.1 Å². The van der Waals surface area contributed by atoms with Gasteiger partial charge >= 0.3 is 0 Å². The summed E-state index contributed by atoms with van der Waals surface area (Å²) in [6.45, 7) is 0. The van der Waals surface area contributed by atoms with Crippen LogP contribution in [0, 0.1) is 0 Å². The molecule has 0 aliphatic rings. The van der Waals surface area contributed by atoms with Crippen LogP contribution in [0.15, 0.2) is 12.1 Å². The maximum Gasteiger partial charge on any atom is 0.254 e. The molecule has 0 atom stereocenters. The molecule has 1 rings (SSSR count). The van der Waals surface area contributed by atoms with E-state index in [1.807, 2.05) is 0 Å². The number of carbonyl (C=O) groups excluding carboxylic acids is 1. The third-order valence-corrected chi connectivity index (χ3v) is 2.12. The van der Waals surface area contributed by atoms with Gasteiger partial charge in [0.05, 0.1) is 10.0 Å². The normalized spacial score (nSPS) is 9.83. The first-order valence-electron chi connectivity index (χ1n) is 3.01. The van der Waals surface area contributed by atoms with E-state index in [1.165, 1.54) is 12.1 Å². The minimum absolute atomic E-state index is 0.0239. The van der Waals surface area contributed by atoms with Crippen LogP contribution in [0.3, 0.4) is 0 Å². The van der Waals surface area contributed by atoms with E-state index in [1.54, 1.807) is 0 Å². The molecular weight excluding hydrogens is 201 g/mol. The molecular formula is C7H5Cl2NO2. The monoisotopic (exact) mass is 205 g/mol. The zero-order valence-electron chi connectivity index (χ0n) is 5.84. The molecule has 0 radical (unpaired) electrons. The highest BCUT2D eigenvalue weighted by atomic mass is 35.5. The summed E-state index contributed by atoms with van der Waals surface area (Å²) in [5.41, 5.74) is 4.79. The number of benzene rings is 1. The zero-order chi connectivity index (χ0) is 9.30. The Bertz CT molecular complexity index is 338. The van der Waals surface area contributed by atoms with Crippen LogP contribution in [0.4, 0.5) is 0 Å². The van der Waals surface area contributed by atoms with E-state index in [0.717, 1.165) is 0 Å². The fourth-order valence-corrected chi connectivity index (χ4v) is 1.19. The molecule has 12 heavy (non-hydrogen) atoms. The van der Waals surface area contributed by atoms with Gasteiger partial charge in [0.1, 0.15) is 11.3 Å². The summed E-state index contributed by atoms with van der Waals surface area (Å²) >= 11 is 11.2. The van der Waals surface area contributed by atoms with Gasteiger partial charge in [-0.2, -0.15) is 0 Å². The summed E-state index contributed by atoms with van der Waals surface area (Å²) in [6, 6.07) is 2.64. The van der Waals surface area contributed by atoms with Crippen molar-refractivity contribution in [3.63, 3.8) is 0 Å². The van der Waals surface area contributed by atoms with E-state index in [-0.39, 0.29) is 21.4 Å². The Hall–Kier alpha value is -0.930. The van der Waals surface area contributed by atoms with Crippen molar-refractivity contribution in [2.45, 2.75) is 0 Å². The lowest BCUT2D eigenvalue weighted by molar-refractivity contribution is 0.0998. The van der Waals surface area contributed by atoms with Gasteiger partial charge in [0.25, 0.3) is 5.91 Å². The Morgan fingerprint density at radius 3 is 2.42 bits per heavy atom. The fourth-order valence-electron chi connectivity index (χ4n) is 0.775. The third kappa shape index (κ3) is 1.47. The second-order valence-corrected chi connectivity index (χ2v) is 2.90. The number of amides is 1. The van der Waals surface area contributed by atoms with E-state index < -0.39 is 5.91 Å². The molecule has 0 heterocycles. The summed E-state index contributed by atoms with van der Waals surface area (Å²) in [4.78, 5) is 10.7. The first kappa shape index (κ1) is 9.16.